The van der Waals surface area contributed by atoms with Gasteiger partial charge >= 0.3 is 0 Å². The van der Waals surface area contributed by atoms with Crippen LogP contribution >= 0.6 is 0 Å². The van der Waals surface area contributed by atoms with Crippen molar-refractivity contribution < 1.29 is 9.90 Å². The first-order valence-corrected chi connectivity index (χ1v) is 5.58. The van der Waals surface area contributed by atoms with Gasteiger partial charge < -0.3 is 10.0 Å². The third-order valence-corrected chi connectivity index (χ3v) is 2.35. The zero-order valence-electron chi connectivity index (χ0n) is 10.1. The number of hydrogen-bond acceptors (Lipinski definition) is 3. The summed E-state index contributed by atoms with van der Waals surface area (Å²) in [7, 11) is 0. The summed E-state index contributed by atoms with van der Waals surface area (Å²) >= 11 is 0. The molecule has 0 atom stereocenters. The lowest BCUT2D eigenvalue weighted by molar-refractivity contribution is 0.0767. The minimum Gasteiger partial charge on any atom is -0.384 e. The van der Waals surface area contributed by atoms with Crippen molar-refractivity contribution in [2.75, 3.05) is 19.7 Å². The van der Waals surface area contributed by atoms with Crippen molar-refractivity contribution in [1.82, 2.24) is 9.88 Å². The number of aromatic nitrogens is 1. The highest BCUT2D eigenvalue weighted by molar-refractivity contribution is 5.92. The second-order valence-electron chi connectivity index (χ2n) is 3.37. The van der Waals surface area contributed by atoms with Crippen LogP contribution in [0.1, 0.15) is 29.9 Å². The van der Waals surface area contributed by atoms with Crippen LogP contribution in [0.2, 0.25) is 0 Å². The Balaban J connectivity index is 2.83. The number of carbonyl (C=O) groups excluding carboxylic acids is 1. The summed E-state index contributed by atoms with van der Waals surface area (Å²) in [5.41, 5.74) is 1.11. The topological polar surface area (TPSA) is 53.4 Å². The van der Waals surface area contributed by atoms with Crippen LogP contribution in [-0.4, -0.2) is 40.6 Å². The van der Waals surface area contributed by atoms with E-state index in [9.17, 15) is 4.79 Å². The van der Waals surface area contributed by atoms with Crippen molar-refractivity contribution in [2.45, 2.75) is 13.8 Å². The molecule has 0 spiro atoms. The third-order valence-electron chi connectivity index (χ3n) is 2.35. The summed E-state index contributed by atoms with van der Waals surface area (Å²) < 4.78 is 0. The van der Waals surface area contributed by atoms with Crippen LogP contribution in [0, 0.1) is 11.8 Å². The van der Waals surface area contributed by atoms with Crippen molar-refractivity contribution in [3.8, 4) is 11.8 Å². The van der Waals surface area contributed by atoms with Crippen molar-refractivity contribution in [3.63, 3.8) is 0 Å². The van der Waals surface area contributed by atoms with Gasteiger partial charge in [-0.15, -0.1) is 0 Å². The normalized spacial score (nSPS) is 9.35. The molecule has 0 saturated carbocycles. The Morgan fingerprint density at radius 2 is 2.12 bits per heavy atom. The molecule has 0 unspecified atom stereocenters. The molecule has 0 aliphatic rings. The Kier molecular flexibility index (Phi) is 5.18. The van der Waals surface area contributed by atoms with Gasteiger partial charge in [-0.25, -0.2) is 4.98 Å². The van der Waals surface area contributed by atoms with Crippen LogP contribution in [0.4, 0.5) is 0 Å². The number of aliphatic hydroxyl groups excluding tert-OH is 1. The highest BCUT2D eigenvalue weighted by atomic mass is 16.2. The van der Waals surface area contributed by atoms with Gasteiger partial charge in [0, 0.05) is 24.8 Å². The number of aliphatic hydroxyl groups is 1. The lowest BCUT2D eigenvalue weighted by atomic mass is 10.2. The second kappa shape index (κ2) is 6.66. The quantitative estimate of drug-likeness (QED) is 0.788. The van der Waals surface area contributed by atoms with E-state index in [0.717, 1.165) is 0 Å². The van der Waals surface area contributed by atoms with E-state index in [4.69, 9.17) is 5.11 Å². The van der Waals surface area contributed by atoms with Gasteiger partial charge in [-0.2, -0.15) is 0 Å². The molecule has 0 aromatic carbocycles. The number of rotatable bonds is 3. The second-order valence-corrected chi connectivity index (χ2v) is 3.37. The van der Waals surface area contributed by atoms with Gasteiger partial charge in [-0.3, -0.25) is 4.79 Å². The molecule has 1 amide bonds. The van der Waals surface area contributed by atoms with E-state index in [1.165, 1.54) is 0 Å². The molecular formula is C13H16N2O2. The molecule has 17 heavy (non-hydrogen) atoms. The molecule has 4 nitrogen and oxygen atoms in total. The molecule has 1 aromatic heterocycles. The van der Waals surface area contributed by atoms with Gasteiger partial charge in [-0.1, -0.05) is 11.8 Å². The monoisotopic (exact) mass is 232 g/mol. The summed E-state index contributed by atoms with van der Waals surface area (Å²) in [5, 5.41) is 8.55. The van der Waals surface area contributed by atoms with E-state index < -0.39 is 0 Å². The van der Waals surface area contributed by atoms with Crippen LogP contribution in [0.15, 0.2) is 18.3 Å². The highest BCUT2D eigenvalue weighted by Crippen LogP contribution is 2.03. The number of hydrogen-bond donors (Lipinski definition) is 1. The Morgan fingerprint density at radius 1 is 1.41 bits per heavy atom. The number of nitrogens with zero attached hydrogens (tertiary/aromatic N) is 2. The van der Waals surface area contributed by atoms with Gasteiger partial charge in [-0.05, 0) is 26.0 Å². The minimum atomic E-state index is -0.180. The van der Waals surface area contributed by atoms with E-state index in [2.05, 4.69) is 16.8 Å². The Bertz CT molecular complexity index is 425. The molecule has 1 N–H and O–H groups in total. The summed E-state index contributed by atoms with van der Waals surface area (Å²) in [6.45, 7) is 5.03. The molecule has 0 aliphatic carbocycles. The highest BCUT2D eigenvalue weighted by Gasteiger charge is 2.12. The SMILES string of the molecule is CCN(CC)C(=O)c1ccc(C#CCO)cn1. The Hall–Kier alpha value is -1.86. The van der Waals surface area contributed by atoms with Gasteiger partial charge in [0.1, 0.15) is 12.3 Å². The maximum atomic E-state index is 11.9. The van der Waals surface area contributed by atoms with Crippen LogP contribution in [0.25, 0.3) is 0 Å². The lowest BCUT2D eigenvalue weighted by Gasteiger charge is -2.17. The van der Waals surface area contributed by atoms with Crippen LogP contribution in [0.5, 0.6) is 0 Å². The van der Waals surface area contributed by atoms with Crippen molar-refractivity contribution >= 4 is 5.91 Å². The summed E-state index contributed by atoms with van der Waals surface area (Å²) in [6, 6.07) is 3.38. The first kappa shape index (κ1) is 13.2. The van der Waals surface area contributed by atoms with Gasteiger partial charge in [0.25, 0.3) is 5.91 Å². The average Bonchev–Trinajstić information content (AvgIpc) is 2.38. The van der Waals surface area contributed by atoms with E-state index in [0.29, 0.717) is 24.3 Å². The first-order valence-electron chi connectivity index (χ1n) is 5.58. The van der Waals surface area contributed by atoms with Gasteiger partial charge in [0.15, 0.2) is 0 Å². The van der Waals surface area contributed by atoms with Gasteiger partial charge in [0.05, 0.1) is 0 Å². The zero-order valence-corrected chi connectivity index (χ0v) is 10.1. The smallest absolute Gasteiger partial charge is 0.272 e. The molecule has 0 bridgehead atoms. The fourth-order valence-corrected chi connectivity index (χ4v) is 1.41. The number of amides is 1. The number of pyridine rings is 1. The maximum absolute atomic E-state index is 11.9. The molecule has 1 rings (SSSR count). The van der Waals surface area contributed by atoms with Crippen molar-refractivity contribution in [2.24, 2.45) is 0 Å². The minimum absolute atomic E-state index is 0.0725. The predicted octanol–water partition coefficient (Wildman–Crippen LogP) is 0.907. The predicted molar refractivity (Wildman–Crippen MR) is 65.5 cm³/mol. The molecule has 0 fully saturated rings. The molecule has 90 valence electrons. The molecule has 0 aliphatic heterocycles. The Morgan fingerprint density at radius 3 is 2.59 bits per heavy atom. The van der Waals surface area contributed by atoms with E-state index in [1.54, 1.807) is 23.2 Å². The fraction of sp³-hybridized carbons (Fsp3) is 0.385. The average molecular weight is 232 g/mol. The molecule has 0 saturated heterocycles. The number of carbonyl (C=O) groups is 1. The Labute approximate surface area is 101 Å². The van der Waals surface area contributed by atoms with Crippen LogP contribution in [-0.2, 0) is 0 Å². The largest absolute Gasteiger partial charge is 0.384 e. The van der Waals surface area contributed by atoms with E-state index >= 15 is 0 Å². The first-order chi connectivity index (χ1) is 8.22. The standard InChI is InChI=1S/C13H16N2O2/c1-3-15(4-2)13(17)12-8-7-11(10-14-12)6-5-9-16/h7-8,10,16H,3-4,9H2,1-2H3. The summed E-state index contributed by atoms with van der Waals surface area (Å²) in [6.07, 6.45) is 1.54. The summed E-state index contributed by atoms with van der Waals surface area (Å²) in [5.74, 6) is 5.19. The fourth-order valence-electron chi connectivity index (χ4n) is 1.41. The molecule has 0 radical (unpaired) electrons. The molecular weight excluding hydrogens is 216 g/mol. The van der Waals surface area contributed by atoms with Crippen molar-refractivity contribution in [3.05, 3.63) is 29.6 Å². The zero-order chi connectivity index (χ0) is 12.7. The third kappa shape index (κ3) is 3.58. The molecule has 1 heterocycles. The van der Waals surface area contributed by atoms with Crippen LogP contribution in [0.3, 0.4) is 0 Å². The maximum Gasteiger partial charge on any atom is 0.272 e. The summed E-state index contributed by atoms with van der Waals surface area (Å²) in [4.78, 5) is 17.7. The van der Waals surface area contributed by atoms with Crippen molar-refractivity contribution in [1.29, 1.82) is 0 Å². The molecule has 1 aromatic rings. The molecule has 4 heteroatoms. The van der Waals surface area contributed by atoms with Crippen LogP contribution < -0.4 is 0 Å². The lowest BCUT2D eigenvalue weighted by Crippen LogP contribution is -2.31. The van der Waals surface area contributed by atoms with E-state index in [-0.39, 0.29) is 12.5 Å². The van der Waals surface area contributed by atoms with E-state index in [1.807, 2.05) is 13.8 Å². The van der Waals surface area contributed by atoms with Gasteiger partial charge in [0.2, 0.25) is 0 Å².